The minimum absolute atomic E-state index is 0.232. The van der Waals surface area contributed by atoms with Crippen molar-refractivity contribution < 1.29 is 4.74 Å². The summed E-state index contributed by atoms with van der Waals surface area (Å²) >= 11 is 0. The molecule has 1 aromatic rings. The van der Waals surface area contributed by atoms with E-state index in [0.29, 0.717) is 6.04 Å². The van der Waals surface area contributed by atoms with E-state index in [4.69, 9.17) is 4.74 Å². The molecule has 1 atom stereocenters. The normalized spacial score (nSPS) is 12.9. The molecular weight excluding hydrogens is 246 g/mol. The zero-order valence-corrected chi connectivity index (χ0v) is 13.8. The molecule has 1 N–H and O–H groups in total. The van der Waals surface area contributed by atoms with E-state index in [0.717, 1.165) is 18.2 Å². The maximum atomic E-state index is 5.71. The molecule has 1 rings (SSSR count). The van der Waals surface area contributed by atoms with Gasteiger partial charge in [-0.05, 0) is 63.3 Å². The summed E-state index contributed by atoms with van der Waals surface area (Å²) in [5, 5.41) is 3.66. The van der Waals surface area contributed by atoms with E-state index in [1.807, 2.05) is 0 Å². The monoisotopic (exact) mass is 277 g/mol. The molecule has 0 radical (unpaired) electrons. The van der Waals surface area contributed by atoms with Crippen LogP contribution in [0.25, 0.3) is 0 Å². The van der Waals surface area contributed by atoms with Crippen LogP contribution in [0.3, 0.4) is 0 Å². The molecule has 20 heavy (non-hydrogen) atoms. The Morgan fingerprint density at radius 2 is 1.65 bits per heavy atom. The Bertz CT molecular complexity index is 356. The van der Waals surface area contributed by atoms with Gasteiger partial charge in [-0.2, -0.15) is 0 Å². The number of ether oxygens (including phenoxy) is 1. The van der Waals surface area contributed by atoms with Gasteiger partial charge >= 0.3 is 0 Å². The van der Waals surface area contributed by atoms with Gasteiger partial charge in [-0.25, -0.2) is 0 Å². The summed E-state index contributed by atoms with van der Waals surface area (Å²) in [6.45, 7) is 12.0. The van der Waals surface area contributed by atoms with Gasteiger partial charge in [-0.1, -0.05) is 32.9 Å². The second kappa shape index (κ2) is 9.02. The van der Waals surface area contributed by atoms with Gasteiger partial charge in [0.05, 0.1) is 6.10 Å². The Morgan fingerprint density at radius 3 is 2.15 bits per heavy atom. The first-order valence-corrected chi connectivity index (χ1v) is 8.03. The smallest absolute Gasteiger partial charge is 0.119 e. The lowest BCUT2D eigenvalue weighted by Gasteiger charge is -2.20. The second-order valence-corrected chi connectivity index (χ2v) is 6.21. The number of nitrogens with one attached hydrogen (secondary N) is 1. The molecule has 0 saturated heterocycles. The molecule has 0 aromatic heterocycles. The minimum Gasteiger partial charge on any atom is -0.491 e. The van der Waals surface area contributed by atoms with Crippen LogP contribution in [0.2, 0.25) is 0 Å². The molecular formula is C18H31NO. The van der Waals surface area contributed by atoms with Crippen molar-refractivity contribution in [3.63, 3.8) is 0 Å². The van der Waals surface area contributed by atoms with E-state index in [1.165, 1.54) is 24.8 Å². The van der Waals surface area contributed by atoms with Gasteiger partial charge in [-0.3, -0.25) is 0 Å². The Morgan fingerprint density at radius 1 is 1.00 bits per heavy atom. The first kappa shape index (κ1) is 17.0. The third-order valence-corrected chi connectivity index (χ3v) is 3.33. The largest absolute Gasteiger partial charge is 0.491 e. The standard InChI is InChI=1S/C18H31NO/c1-6-13-19-18(12-7-14(2)3)16-8-10-17(11-9-16)20-15(4)5/h8-11,14-15,18-19H,6-7,12-13H2,1-5H3. The number of hydrogen-bond acceptors (Lipinski definition) is 2. The predicted octanol–water partition coefficient (Wildman–Crippen LogP) is 4.95. The van der Waals surface area contributed by atoms with Gasteiger partial charge in [0, 0.05) is 6.04 Å². The molecule has 0 amide bonds. The lowest BCUT2D eigenvalue weighted by atomic mass is 9.97. The molecule has 0 aliphatic carbocycles. The van der Waals surface area contributed by atoms with Crippen LogP contribution in [-0.4, -0.2) is 12.6 Å². The molecule has 1 aromatic carbocycles. The fourth-order valence-corrected chi connectivity index (χ4v) is 2.26. The third kappa shape index (κ3) is 6.42. The summed E-state index contributed by atoms with van der Waals surface area (Å²) in [7, 11) is 0. The van der Waals surface area contributed by atoms with Crippen LogP contribution in [0, 0.1) is 5.92 Å². The molecule has 0 aliphatic rings. The molecule has 0 saturated carbocycles. The SMILES string of the molecule is CCCNC(CCC(C)C)c1ccc(OC(C)C)cc1. The molecule has 114 valence electrons. The fourth-order valence-electron chi connectivity index (χ4n) is 2.26. The second-order valence-electron chi connectivity index (χ2n) is 6.21. The summed E-state index contributed by atoms with van der Waals surface area (Å²) < 4.78 is 5.71. The first-order chi connectivity index (χ1) is 9.52. The lowest BCUT2D eigenvalue weighted by Crippen LogP contribution is -2.22. The van der Waals surface area contributed by atoms with E-state index in [-0.39, 0.29) is 6.10 Å². The van der Waals surface area contributed by atoms with E-state index in [2.05, 4.69) is 64.2 Å². The zero-order chi connectivity index (χ0) is 15.0. The van der Waals surface area contributed by atoms with E-state index < -0.39 is 0 Å². The fraction of sp³-hybridized carbons (Fsp3) is 0.667. The van der Waals surface area contributed by atoms with Crippen molar-refractivity contribution in [2.75, 3.05) is 6.54 Å². The zero-order valence-electron chi connectivity index (χ0n) is 13.8. The molecule has 0 fully saturated rings. The first-order valence-electron chi connectivity index (χ1n) is 8.03. The highest BCUT2D eigenvalue weighted by molar-refractivity contribution is 5.29. The highest BCUT2D eigenvalue weighted by Gasteiger charge is 2.11. The highest BCUT2D eigenvalue weighted by atomic mass is 16.5. The van der Waals surface area contributed by atoms with Crippen LogP contribution in [0.1, 0.15) is 65.5 Å². The van der Waals surface area contributed by atoms with Gasteiger partial charge in [0.15, 0.2) is 0 Å². The van der Waals surface area contributed by atoms with Crippen LogP contribution in [0.5, 0.6) is 5.75 Å². The number of hydrogen-bond donors (Lipinski definition) is 1. The van der Waals surface area contributed by atoms with Crippen LogP contribution in [-0.2, 0) is 0 Å². The molecule has 0 bridgehead atoms. The molecule has 0 spiro atoms. The van der Waals surface area contributed by atoms with Crippen molar-refractivity contribution in [2.45, 2.75) is 66.0 Å². The van der Waals surface area contributed by atoms with Gasteiger partial charge in [0.1, 0.15) is 5.75 Å². The molecule has 0 heterocycles. The number of benzene rings is 1. The quantitative estimate of drug-likeness (QED) is 0.689. The third-order valence-electron chi connectivity index (χ3n) is 3.33. The van der Waals surface area contributed by atoms with Gasteiger partial charge in [-0.15, -0.1) is 0 Å². The van der Waals surface area contributed by atoms with Crippen LogP contribution in [0.15, 0.2) is 24.3 Å². The topological polar surface area (TPSA) is 21.3 Å². The molecule has 2 nitrogen and oxygen atoms in total. The van der Waals surface area contributed by atoms with E-state index >= 15 is 0 Å². The van der Waals surface area contributed by atoms with Gasteiger partial charge < -0.3 is 10.1 Å². The van der Waals surface area contributed by atoms with Gasteiger partial charge in [0.2, 0.25) is 0 Å². The van der Waals surface area contributed by atoms with Crippen molar-refractivity contribution in [1.82, 2.24) is 5.32 Å². The Hall–Kier alpha value is -1.02. The summed E-state index contributed by atoms with van der Waals surface area (Å²) in [6.07, 6.45) is 3.86. The van der Waals surface area contributed by atoms with Crippen LogP contribution in [0.4, 0.5) is 0 Å². The average Bonchev–Trinajstić information content (AvgIpc) is 2.39. The summed E-state index contributed by atoms with van der Waals surface area (Å²) in [5.74, 6) is 1.71. The molecule has 1 unspecified atom stereocenters. The molecule has 0 aliphatic heterocycles. The van der Waals surface area contributed by atoms with Crippen LogP contribution < -0.4 is 10.1 Å². The van der Waals surface area contributed by atoms with Crippen molar-refractivity contribution >= 4 is 0 Å². The van der Waals surface area contributed by atoms with Crippen molar-refractivity contribution in [3.8, 4) is 5.75 Å². The van der Waals surface area contributed by atoms with Crippen LogP contribution >= 0.6 is 0 Å². The van der Waals surface area contributed by atoms with E-state index in [9.17, 15) is 0 Å². The maximum Gasteiger partial charge on any atom is 0.119 e. The summed E-state index contributed by atoms with van der Waals surface area (Å²) in [4.78, 5) is 0. The Labute approximate surface area is 124 Å². The summed E-state index contributed by atoms with van der Waals surface area (Å²) in [5.41, 5.74) is 1.37. The minimum atomic E-state index is 0.232. The predicted molar refractivity (Wildman–Crippen MR) is 87.3 cm³/mol. The van der Waals surface area contributed by atoms with Crippen molar-refractivity contribution in [3.05, 3.63) is 29.8 Å². The maximum absolute atomic E-state index is 5.71. The lowest BCUT2D eigenvalue weighted by molar-refractivity contribution is 0.242. The van der Waals surface area contributed by atoms with E-state index in [1.54, 1.807) is 0 Å². The van der Waals surface area contributed by atoms with Crippen molar-refractivity contribution in [1.29, 1.82) is 0 Å². The average molecular weight is 277 g/mol. The molecule has 2 heteroatoms. The summed E-state index contributed by atoms with van der Waals surface area (Å²) in [6, 6.07) is 9.04. The highest BCUT2D eigenvalue weighted by Crippen LogP contribution is 2.23. The van der Waals surface area contributed by atoms with Gasteiger partial charge in [0.25, 0.3) is 0 Å². The number of rotatable bonds is 9. The van der Waals surface area contributed by atoms with Crippen molar-refractivity contribution in [2.24, 2.45) is 5.92 Å². The Balaban J connectivity index is 2.68. The Kier molecular flexibility index (Phi) is 7.68.